The Morgan fingerprint density at radius 1 is 1.17 bits per heavy atom. The van der Waals surface area contributed by atoms with Crippen molar-refractivity contribution in [3.8, 4) is 17.0 Å². The number of carbonyl (C=O) groups is 1. The Hall–Kier alpha value is -2.03. The molecule has 3 rings (SSSR count). The summed E-state index contributed by atoms with van der Waals surface area (Å²) in [6.07, 6.45) is 1.60. The summed E-state index contributed by atoms with van der Waals surface area (Å²) in [5.41, 5.74) is 3.02. The fraction of sp³-hybridized carbons (Fsp3) is 0.267. The van der Waals surface area contributed by atoms with Crippen molar-refractivity contribution in [2.75, 3.05) is 7.11 Å². The first-order chi connectivity index (χ1) is 8.79. The maximum atomic E-state index is 11.8. The van der Waals surface area contributed by atoms with E-state index in [1.165, 1.54) is 0 Å². The number of aromatic nitrogens is 1. The van der Waals surface area contributed by atoms with E-state index in [0.717, 1.165) is 35.7 Å². The quantitative estimate of drug-likeness (QED) is 0.808. The number of methoxy groups -OCH3 is 1. The molecule has 0 aliphatic carbocycles. The maximum Gasteiger partial charge on any atom is 0.179 e. The van der Waals surface area contributed by atoms with Crippen LogP contribution in [0.3, 0.4) is 0 Å². The van der Waals surface area contributed by atoms with E-state index in [2.05, 4.69) is 4.57 Å². The van der Waals surface area contributed by atoms with Crippen molar-refractivity contribution >= 4 is 5.78 Å². The van der Waals surface area contributed by atoms with E-state index in [0.29, 0.717) is 6.42 Å². The van der Waals surface area contributed by atoms with Crippen LogP contribution in [-0.2, 0) is 6.54 Å². The fourth-order valence-corrected chi connectivity index (χ4v) is 2.51. The van der Waals surface area contributed by atoms with Crippen LogP contribution >= 0.6 is 0 Å². The van der Waals surface area contributed by atoms with Gasteiger partial charge in [-0.15, -0.1) is 0 Å². The molecule has 0 spiro atoms. The molecule has 2 aromatic rings. The molecule has 0 amide bonds. The zero-order chi connectivity index (χ0) is 12.5. The lowest BCUT2D eigenvalue weighted by Crippen LogP contribution is -2.16. The number of ether oxygens (including phenoxy) is 1. The fourth-order valence-electron chi connectivity index (χ4n) is 2.51. The Balaban J connectivity index is 2.09. The number of carbonyl (C=O) groups excluding carboxylic acids is 1. The second-order valence-electron chi connectivity index (χ2n) is 4.51. The zero-order valence-corrected chi connectivity index (χ0v) is 10.3. The van der Waals surface area contributed by atoms with Gasteiger partial charge in [-0.25, -0.2) is 0 Å². The van der Waals surface area contributed by atoms with Gasteiger partial charge in [0, 0.05) is 24.2 Å². The van der Waals surface area contributed by atoms with E-state index >= 15 is 0 Å². The summed E-state index contributed by atoms with van der Waals surface area (Å²) >= 11 is 0. The predicted molar refractivity (Wildman–Crippen MR) is 70.0 cm³/mol. The van der Waals surface area contributed by atoms with Crippen LogP contribution in [-0.4, -0.2) is 17.5 Å². The van der Waals surface area contributed by atoms with Crippen molar-refractivity contribution in [3.05, 3.63) is 42.1 Å². The molecule has 92 valence electrons. The summed E-state index contributed by atoms with van der Waals surface area (Å²) in [4.78, 5) is 11.8. The molecule has 1 aromatic heterocycles. The Labute approximate surface area is 106 Å². The van der Waals surface area contributed by atoms with Crippen molar-refractivity contribution in [2.45, 2.75) is 19.4 Å². The lowest BCUT2D eigenvalue weighted by atomic mass is 10.1. The molecule has 1 aromatic carbocycles. The first-order valence-electron chi connectivity index (χ1n) is 6.17. The van der Waals surface area contributed by atoms with Gasteiger partial charge in [-0.2, -0.15) is 0 Å². The molecule has 0 saturated heterocycles. The smallest absolute Gasteiger partial charge is 0.179 e. The third kappa shape index (κ3) is 1.72. The molecule has 3 heteroatoms. The van der Waals surface area contributed by atoms with Gasteiger partial charge in [-0.3, -0.25) is 4.79 Å². The highest BCUT2D eigenvalue weighted by molar-refractivity contribution is 5.96. The van der Waals surface area contributed by atoms with Crippen LogP contribution in [0.15, 0.2) is 36.4 Å². The molecule has 0 atom stereocenters. The van der Waals surface area contributed by atoms with Gasteiger partial charge < -0.3 is 9.30 Å². The average Bonchev–Trinajstić information content (AvgIpc) is 2.84. The molecule has 0 fully saturated rings. The van der Waals surface area contributed by atoms with E-state index < -0.39 is 0 Å². The highest BCUT2D eigenvalue weighted by Gasteiger charge is 2.19. The lowest BCUT2D eigenvalue weighted by Gasteiger charge is -2.17. The average molecular weight is 241 g/mol. The molecule has 3 nitrogen and oxygen atoms in total. The SMILES string of the molecule is COc1cccc(-c2ccc3n2CCCC3=O)c1. The Morgan fingerprint density at radius 2 is 2.00 bits per heavy atom. The van der Waals surface area contributed by atoms with E-state index in [1.54, 1.807) is 7.11 Å². The molecule has 0 saturated carbocycles. The second-order valence-corrected chi connectivity index (χ2v) is 4.51. The van der Waals surface area contributed by atoms with Gasteiger partial charge in [0.2, 0.25) is 0 Å². The Bertz CT molecular complexity index is 598. The van der Waals surface area contributed by atoms with Crippen LogP contribution in [0.4, 0.5) is 0 Å². The van der Waals surface area contributed by atoms with Gasteiger partial charge in [-0.05, 0) is 30.7 Å². The number of nitrogens with zero attached hydrogens (tertiary/aromatic N) is 1. The first kappa shape index (κ1) is 11.1. The third-order valence-corrected chi connectivity index (χ3v) is 3.42. The lowest BCUT2D eigenvalue weighted by molar-refractivity contribution is 0.0955. The highest BCUT2D eigenvalue weighted by Crippen LogP contribution is 2.29. The topological polar surface area (TPSA) is 31.2 Å². The summed E-state index contributed by atoms with van der Waals surface area (Å²) in [7, 11) is 1.66. The highest BCUT2D eigenvalue weighted by atomic mass is 16.5. The van der Waals surface area contributed by atoms with Crippen molar-refractivity contribution < 1.29 is 9.53 Å². The summed E-state index contributed by atoms with van der Waals surface area (Å²) in [6.45, 7) is 0.917. The van der Waals surface area contributed by atoms with E-state index in [1.807, 2.05) is 36.4 Å². The standard InChI is InChI=1S/C15H15NO2/c1-18-12-5-2-4-11(10-12)13-7-8-14-15(17)6-3-9-16(13)14/h2,4-5,7-8,10H,3,6,9H2,1H3. The van der Waals surface area contributed by atoms with Crippen molar-refractivity contribution in [2.24, 2.45) is 0 Å². The molecular weight excluding hydrogens is 226 g/mol. The summed E-state index contributed by atoms with van der Waals surface area (Å²) in [5.74, 6) is 1.08. The van der Waals surface area contributed by atoms with Gasteiger partial charge >= 0.3 is 0 Å². The molecule has 0 bridgehead atoms. The van der Waals surface area contributed by atoms with Crippen LogP contribution < -0.4 is 4.74 Å². The van der Waals surface area contributed by atoms with Gasteiger partial charge in [-0.1, -0.05) is 12.1 Å². The number of fused-ring (bicyclic) bond motifs is 1. The zero-order valence-electron chi connectivity index (χ0n) is 10.3. The Kier molecular flexibility index (Phi) is 2.67. The third-order valence-electron chi connectivity index (χ3n) is 3.42. The normalized spacial score (nSPS) is 14.4. The van der Waals surface area contributed by atoms with Crippen molar-refractivity contribution in [1.29, 1.82) is 0 Å². The summed E-state index contributed by atoms with van der Waals surface area (Å²) < 4.78 is 7.35. The van der Waals surface area contributed by atoms with Gasteiger partial charge in [0.1, 0.15) is 5.75 Å². The number of hydrogen-bond donors (Lipinski definition) is 0. The molecule has 1 aliphatic rings. The van der Waals surface area contributed by atoms with Gasteiger partial charge in [0.05, 0.1) is 12.8 Å². The van der Waals surface area contributed by atoms with Crippen LogP contribution in [0.2, 0.25) is 0 Å². The van der Waals surface area contributed by atoms with E-state index in [4.69, 9.17) is 4.74 Å². The second kappa shape index (κ2) is 4.33. The first-order valence-corrected chi connectivity index (χ1v) is 6.17. The summed E-state index contributed by atoms with van der Waals surface area (Å²) in [6, 6.07) is 11.9. The number of Topliss-reactive ketones (excluding diaryl/α,β-unsaturated/α-hetero) is 1. The van der Waals surface area contributed by atoms with Crippen molar-refractivity contribution in [3.63, 3.8) is 0 Å². The van der Waals surface area contributed by atoms with Gasteiger partial charge in [0.25, 0.3) is 0 Å². The van der Waals surface area contributed by atoms with Gasteiger partial charge in [0.15, 0.2) is 5.78 Å². The molecule has 1 aliphatic heterocycles. The summed E-state index contributed by atoms with van der Waals surface area (Å²) in [5, 5.41) is 0. The van der Waals surface area contributed by atoms with Crippen LogP contribution in [0.1, 0.15) is 23.3 Å². The van der Waals surface area contributed by atoms with Crippen LogP contribution in [0, 0.1) is 0 Å². The monoisotopic (exact) mass is 241 g/mol. The molecule has 0 radical (unpaired) electrons. The minimum atomic E-state index is 0.246. The molecular formula is C15H15NO2. The largest absolute Gasteiger partial charge is 0.497 e. The predicted octanol–water partition coefficient (Wildman–Crippen LogP) is 3.14. The molecule has 2 heterocycles. The molecule has 0 unspecified atom stereocenters. The Morgan fingerprint density at radius 3 is 2.83 bits per heavy atom. The number of ketones is 1. The van der Waals surface area contributed by atoms with E-state index in [-0.39, 0.29) is 5.78 Å². The molecule has 0 N–H and O–H groups in total. The number of benzene rings is 1. The molecule has 18 heavy (non-hydrogen) atoms. The minimum Gasteiger partial charge on any atom is -0.497 e. The van der Waals surface area contributed by atoms with E-state index in [9.17, 15) is 4.79 Å². The number of hydrogen-bond acceptors (Lipinski definition) is 2. The van der Waals surface area contributed by atoms with Crippen molar-refractivity contribution in [1.82, 2.24) is 4.57 Å². The maximum absolute atomic E-state index is 11.8. The van der Waals surface area contributed by atoms with Crippen LogP contribution in [0.25, 0.3) is 11.3 Å². The minimum absolute atomic E-state index is 0.246. The van der Waals surface area contributed by atoms with Crippen LogP contribution in [0.5, 0.6) is 5.75 Å². The number of rotatable bonds is 2.